The molecular weight excluding hydrogens is 242 g/mol. The molecule has 0 atom stereocenters. The Bertz CT molecular complexity index is 354. The van der Waals surface area contributed by atoms with Crippen LogP contribution in [0.1, 0.15) is 57.9 Å². The van der Waals surface area contributed by atoms with Gasteiger partial charge in [-0.15, -0.1) is 10.2 Å². The number of aromatic nitrogens is 2. The standard InChI is InChI=1S/C14H25N3S/c1-4-11-5-7-12(8-6-11)15-14-17-16-13(18-14)9-10(2)3/h10-12H,4-9H2,1-3H3,(H,15,17). The zero-order valence-electron chi connectivity index (χ0n) is 11.8. The van der Waals surface area contributed by atoms with Crippen LogP contribution in [-0.2, 0) is 6.42 Å². The van der Waals surface area contributed by atoms with E-state index in [-0.39, 0.29) is 0 Å². The van der Waals surface area contributed by atoms with E-state index in [2.05, 4.69) is 36.3 Å². The SMILES string of the molecule is CCC1CCC(Nc2nnc(CC(C)C)s2)CC1. The van der Waals surface area contributed by atoms with Gasteiger partial charge in [-0.25, -0.2) is 0 Å². The fourth-order valence-corrected chi connectivity index (χ4v) is 3.66. The van der Waals surface area contributed by atoms with Crippen LogP contribution in [0, 0.1) is 11.8 Å². The van der Waals surface area contributed by atoms with Gasteiger partial charge >= 0.3 is 0 Å². The van der Waals surface area contributed by atoms with Crippen molar-refractivity contribution >= 4 is 16.5 Å². The second kappa shape index (κ2) is 6.50. The van der Waals surface area contributed by atoms with Gasteiger partial charge in [-0.2, -0.15) is 0 Å². The second-order valence-electron chi connectivity index (χ2n) is 5.87. The molecule has 1 heterocycles. The largest absolute Gasteiger partial charge is 0.357 e. The van der Waals surface area contributed by atoms with Crippen LogP contribution < -0.4 is 5.32 Å². The molecule has 1 N–H and O–H groups in total. The maximum Gasteiger partial charge on any atom is 0.205 e. The molecule has 1 aliphatic rings. The lowest BCUT2D eigenvalue weighted by Gasteiger charge is -2.28. The van der Waals surface area contributed by atoms with Crippen LogP contribution in [0.4, 0.5) is 5.13 Å². The van der Waals surface area contributed by atoms with Gasteiger partial charge in [0.05, 0.1) is 0 Å². The number of nitrogens with zero attached hydrogens (tertiary/aromatic N) is 2. The molecule has 0 radical (unpaired) electrons. The molecule has 1 aromatic heterocycles. The normalized spacial score (nSPS) is 24.4. The highest BCUT2D eigenvalue weighted by molar-refractivity contribution is 7.15. The molecule has 0 amide bonds. The molecule has 1 saturated carbocycles. The lowest BCUT2D eigenvalue weighted by Crippen LogP contribution is -2.25. The Labute approximate surface area is 114 Å². The molecule has 0 saturated heterocycles. The van der Waals surface area contributed by atoms with Gasteiger partial charge in [0.2, 0.25) is 5.13 Å². The molecule has 3 nitrogen and oxygen atoms in total. The van der Waals surface area contributed by atoms with Gasteiger partial charge in [0.25, 0.3) is 0 Å². The van der Waals surface area contributed by atoms with Crippen molar-refractivity contribution in [2.24, 2.45) is 11.8 Å². The molecule has 0 unspecified atom stereocenters. The van der Waals surface area contributed by atoms with E-state index in [1.54, 1.807) is 11.3 Å². The van der Waals surface area contributed by atoms with E-state index in [1.807, 2.05) is 0 Å². The molecule has 0 bridgehead atoms. The van der Waals surface area contributed by atoms with E-state index in [4.69, 9.17) is 0 Å². The van der Waals surface area contributed by atoms with Crippen LogP contribution in [0.5, 0.6) is 0 Å². The summed E-state index contributed by atoms with van der Waals surface area (Å²) >= 11 is 1.73. The fourth-order valence-electron chi connectivity index (χ4n) is 2.63. The van der Waals surface area contributed by atoms with E-state index in [0.29, 0.717) is 12.0 Å². The first-order valence-electron chi connectivity index (χ1n) is 7.26. The van der Waals surface area contributed by atoms with E-state index in [0.717, 1.165) is 22.5 Å². The molecule has 4 heteroatoms. The summed E-state index contributed by atoms with van der Waals surface area (Å²) in [7, 11) is 0. The summed E-state index contributed by atoms with van der Waals surface area (Å²) in [6.07, 6.45) is 7.69. The molecule has 102 valence electrons. The third kappa shape index (κ3) is 3.94. The lowest BCUT2D eigenvalue weighted by molar-refractivity contribution is 0.330. The molecule has 1 aromatic rings. The van der Waals surface area contributed by atoms with Crippen molar-refractivity contribution in [1.82, 2.24) is 10.2 Å². The molecule has 2 rings (SSSR count). The average Bonchev–Trinajstić information content (AvgIpc) is 2.76. The van der Waals surface area contributed by atoms with Crippen LogP contribution in [-0.4, -0.2) is 16.2 Å². The van der Waals surface area contributed by atoms with Gasteiger partial charge in [-0.3, -0.25) is 0 Å². The Morgan fingerprint density at radius 3 is 2.56 bits per heavy atom. The highest BCUT2D eigenvalue weighted by Gasteiger charge is 2.20. The van der Waals surface area contributed by atoms with E-state index in [1.165, 1.54) is 32.1 Å². The van der Waals surface area contributed by atoms with E-state index >= 15 is 0 Å². The third-order valence-corrected chi connectivity index (χ3v) is 4.68. The summed E-state index contributed by atoms with van der Waals surface area (Å²) in [5, 5.41) is 14.3. The maximum absolute atomic E-state index is 4.26. The summed E-state index contributed by atoms with van der Waals surface area (Å²) in [4.78, 5) is 0. The van der Waals surface area contributed by atoms with Gasteiger partial charge < -0.3 is 5.32 Å². The molecule has 0 spiro atoms. The lowest BCUT2D eigenvalue weighted by atomic mass is 9.85. The molecule has 0 aliphatic heterocycles. The van der Waals surface area contributed by atoms with Crippen molar-refractivity contribution in [1.29, 1.82) is 0 Å². The zero-order valence-corrected chi connectivity index (χ0v) is 12.6. The molecule has 1 aliphatic carbocycles. The summed E-state index contributed by atoms with van der Waals surface area (Å²) < 4.78 is 0. The summed E-state index contributed by atoms with van der Waals surface area (Å²) in [5.74, 6) is 1.61. The Morgan fingerprint density at radius 2 is 1.94 bits per heavy atom. The number of hydrogen-bond donors (Lipinski definition) is 1. The number of nitrogens with one attached hydrogen (secondary N) is 1. The maximum atomic E-state index is 4.26. The molecule has 0 aromatic carbocycles. The minimum Gasteiger partial charge on any atom is -0.357 e. The van der Waals surface area contributed by atoms with Crippen molar-refractivity contribution < 1.29 is 0 Å². The summed E-state index contributed by atoms with van der Waals surface area (Å²) in [5.41, 5.74) is 0. The first-order chi connectivity index (χ1) is 8.67. The summed E-state index contributed by atoms with van der Waals surface area (Å²) in [6, 6.07) is 0.618. The Kier molecular flexibility index (Phi) is 4.98. The Balaban J connectivity index is 1.81. The van der Waals surface area contributed by atoms with Crippen molar-refractivity contribution in [2.45, 2.75) is 65.3 Å². The first-order valence-corrected chi connectivity index (χ1v) is 8.08. The molecule has 18 heavy (non-hydrogen) atoms. The van der Waals surface area contributed by atoms with E-state index < -0.39 is 0 Å². The van der Waals surface area contributed by atoms with Crippen LogP contribution in [0.25, 0.3) is 0 Å². The van der Waals surface area contributed by atoms with Crippen LogP contribution in [0.2, 0.25) is 0 Å². The zero-order chi connectivity index (χ0) is 13.0. The quantitative estimate of drug-likeness (QED) is 0.872. The number of rotatable bonds is 5. The van der Waals surface area contributed by atoms with Gasteiger partial charge in [0.15, 0.2) is 0 Å². The highest BCUT2D eigenvalue weighted by atomic mass is 32.1. The minimum atomic E-state index is 0.618. The number of anilines is 1. The topological polar surface area (TPSA) is 37.8 Å². The van der Waals surface area contributed by atoms with Crippen molar-refractivity contribution in [3.05, 3.63) is 5.01 Å². The van der Waals surface area contributed by atoms with Crippen molar-refractivity contribution in [3.8, 4) is 0 Å². The smallest absolute Gasteiger partial charge is 0.205 e. The van der Waals surface area contributed by atoms with Gasteiger partial charge in [0, 0.05) is 12.5 Å². The number of hydrogen-bond acceptors (Lipinski definition) is 4. The molecular formula is C14H25N3S. The van der Waals surface area contributed by atoms with Gasteiger partial charge in [-0.05, 0) is 37.5 Å². The highest BCUT2D eigenvalue weighted by Crippen LogP contribution is 2.29. The van der Waals surface area contributed by atoms with Crippen LogP contribution >= 0.6 is 11.3 Å². The molecule has 1 fully saturated rings. The monoisotopic (exact) mass is 267 g/mol. The predicted octanol–water partition coefficient (Wildman–Crippen LogP) is 4.12. The second-order valence-corrected chi connectivity index (χ2v) is 6.93. The Hall–Kier alpha value is -0.640. The van der Waals surface area contributed by atoms with Crippen LogP contribution in [0.3, 0.4) is 0 Å². The third-order valence-electron chi connectivity index (χ3n) is 3.80. The van der Waals surface area contributed by atoms with Gasteiger partial charge in [-0.1, -0.05) is 38.5 Å². The van der Waals surface area contributed by atoms with Crippen LogP contribution in [0.15, 0.2) is 0 Å². The minimum absolute atomic E-state index is 0.618. The Morgan fingerprint density at radius 1 is 1.22 bits per heavy atom. The van der Waals surface area contributed by atoms with Crippen molar-refractivity contribution in [3.63, 3.8) is 0 Å². The fraction of sp³-hybridized carbons (Fsp3) is 0.857. The van der Waals surface area contributed by atoms with Crippen molar-refractivity contribution in [2.75, 3.05) is 5.32 Å². The van der Waals surface area contributed by atoms with Gasteiger partial charge in [0.1, 0.15) is 5.01 Å². The van der Waals surface area contributed by atoms with E-state index in [9.17, 15) is 0 Å². The average molecular weight is 267 g/mol. The predicted molar refractivity (Wildman–Crippen MR) is 78.1 cm³/mol. The summed E-state index contributed by atoms with van der Waals surface area (Å²) in [6.45, 7) is 6.75. The first kappa shape index (κ1) is 13.8.